The second-order valence-corrected chi connectivity index (χ2v) is 5.77. The van der Waals surface area contributed by atoms with Crippen molar-refractivity contribution in [2.75, 3.05) is 5.32 Å². The number of nitrogens with zero attached hydrogens (tertiary/aromatic N) is 1. The van der Waals surface area contributed by atoms with Crippen molar-refractivity contribution in [3.63, 3.8) is 0 Å². The molecule has 2 rings (SSSR count). The van der Waals surface area contributed by atoms with Gasteiger partial charge in [0.2, 0.25) is 0 Å². The number of anilines is 1. The summed E-state index contributed by atoms with van der Waals surface area (Å²) >= 11 is 0. The molecule has 0 spiro atoms. The van der Waals surface area contributed by atoms with Crippen LogP contribution in [0.15, 0.2) is 22.7 Å². The van der Waals surface area contributed by atoms with Crippen molar-refractivity contribution in [3.05, 3.63) is 46.3 Å². The summed E-state index contributed by atoms with van der Waals surface area (Å²) in [6, 6.07) is 5.77. The standard InChI is InChI=1S/C18H22N2O4/c1-6-14-16(12(4)24-20-14)18(22)23-13(5)17(21)19-15-9-10(2)7-8-11(15)3/h7-9,13H,6H2,1-5H3,(H,19,21)/t13-/m1/s1. The van der Waals surface area contributed by atoms with E-state index in [1.165, 1.54) is 6.92 Å². The molecular weight excluding hydrogens is 308 g/mol. The van der Waals surface area contributed by atoms with E-state index in [2.05, 4.69) is 10.5 Å². The van der Waals surface area contributed by atoms with Crippen molar-refractivity contribution < 1.29 is 18.8 Å². The molecule has 0 bridgehead atoms. The molecule has 1 aromatic heterocycles. The highest BCUT2D eigenvalue weighted by molar-refractivity contribution is 5.98. The number of aromatic nitrogens is 1. The van der Waals surface area contributed by atoms with Gasteiger partial charge in [-0.3, -0.25) is 4.79 Å². The molecule has 0 unspecified atom stereocenters. The maximum atomic E-state index is 12.3. The fourth-order valence-electron chi connectivity index (χ4n) is 2.30. The first kappa shape index (κ1) is 17.7. The summed E-state index contributed by atoms with van der Waals surface area (Å²) in [5.41, 5.74) is 3.51. The molecule has 0 saturated heterocycles. The van der Waals surface area contributed by atoms with Gasteiger partial charge in [0.05, 0.1) is 5.69 Å². The van der Waals surface area contributed by atoms with Gasteiger partial charge in [-0.15, -0.1) is 0 Å². The van der Waals surface area contributed by atoms with E-state index in [9.17, 15) is 9.59 Å². The summed E-state index contributed by atoms with van der Waals surface area (Å²) < 4.78 is 10.3. The topological polar surface area (TPSA) is 81.4 Å². The number of carbonyl (C=O) groups excluding carboxylic acids is 2. The van der Waals surface area contributed by atoms with E-state index in [1.54, 1.807) is 6.92 Å². The zero-order valence-electron chi connectivity index (χ0n) is 14.6. The molecule has 6 nitrogen and oxygen atoms in total. The summed E-state index contributed by atoms with van der Waals surface area (Å²) in [6.45, 7) is 8.89. The van der Waals surface area contributed by atoms with Crippen LogP contribution in [-0.4, -0.2) is 23.1 Å². The van der Waals surface area contributed by atoms with Crippen LogP contribution in [0.1, 0.15) is 46.8 Å². The van der Waals surface area contributed by atoms with Crippen LogP contribution < -0.4 is 5.32 Å². The van der Waals surface area contributed by atoms with E-state index in [-0.39, 0.29) is 5.91 Å². The number of amides is 1. The maximum absolute atomic E-state index is 12.3. The van der Waals surface area contributed by atoms with E-state index >= 15 is 0 Å². The largest absolute Gasteiger partial charge is 0.449 e. The van der Waals surface area contributed by atoms with Crippen molar-refractivity contribution in [1.29, 1.82) is 0 Å². The van der Waals surface area contributed by atoms with Gasteiger partial charge < -0.3 is 14.6 Å². The first-order chi connectivity index (χ1) is 11.3. The lowest BCUT2D eigenvalue weighted by atomic mass is 10.1. The molecule has 0 aliphatic heterocycles. The minimum Gasteiger partial charge on any atom is -0.449 e. The van der Waals surface area contributed by atoms with Gasteiger partial charge in [-0.25, -0.2) is 4.79 Å². The zero-order chi connectivity index (χ0) is 17.9. The van der Waals surface area contributed by atoms with Crippen molar-refractivity contribution in [2.45, 2.75) is 47.1 Å². The van der Waals surface area contributed by atoms with Crippen molar-refractivity contribution in [3.8, 4) is 0 Å². The molecular formula is C18H22N2O4. The lowest BCUT2D eigenvalue weighted by molar-refractivity contribution is -0.123. The number of rotatable bonds is 5. The van der Waals surface area contributed by atoms with E-state index in [4.69, 9.17) is 9.26 Å². The molecule has 0 aliphatic rings. The molecule has 0 aliphatic carbocycles. The average molecular weight is 330 g/mol. The number of benzene rings is 1. The van der Waals surface area contributed by atoms with Crippen LogP contribution >= 0.6 is 0 Å². The van der Waals surface area contributed by atoms with Crippen LogP contribution in [-0.2, 0) is 16.0 Å². The van der Waals surface area contributed by atoms with Gasteiger partial charge >= 0.3 is 5.97 Å². The third kappa shape index (κ3) is 3.82. The SMILES string of the molecule is CCc1noc(C)c1C(=O)O[C@H](C)C(=O)Nc1cc(C)ccc1C. The monoisotopic (exact) mass is 330 g/mol. The summed E-state index contributed by atoms with van der Waals surface area (Å²) in [7, 11) is 0. The van der Waals surface area contributed by atoms with Gasteiger partial charge in [-0.1, -0.05) is 24.2 Å². The smallest absolute Gasteiger partial charge is 0.344 e. The van der Waals surface area contributed by atoms with Gasteiger partial charge in [0.1, 0.15) is 11.3 Å². The van der Waals surface area contributed by atoms with Gasteiger partial charge in [0, 0.05) is 5.69 Å². The fraction of sp³-hybridized carbons (Fsp3) is 0.389. The Kier molecular flexibility index (Phi) is 5.39. The number of aryl methyl sites for hydroxylation is 4. The fourth-order valence-corrected chi connectivity index (χ4v) is 2.30. The molecule has 6 heteroatoms. The van der Waals surface area contributed by atoms with E-state index in [0.29, 0.717) is 29.1 Å². The van der Waals surface area contributed by atoms with E-state index in [1.807, 2.05) is 39.0 Å². The molecule has 24 heavy (non-hydrogen) atoms. The Morgan fingerprint density at radius 1 is 1.29 bits per heavy atom. The molecule has 1 N–H and O–H groups in total. The van der Waals surface area contributed by atoms with Crippen LogP contribution in [0, 0.1) is 20.8 Å². The number of ether oxygens (including phenoxy) is 1. The zero-order valence-corrected chi connectivity index (χ0v) is 14.6. The molecule has 1 heterocycles. The molecule has 0 radical (unpaired) electrons. The minimum atomic E-state index is -0.934. The van der Waals surface area contributed by atoms with Crippen LogP contribution in [0.5, 0.6) is 0 Å². The first-order valence-corrected chi connectivity index (χ1v) is 7.87. The van der Waals surface area contributed by atoms with Crippen LogP contribution in [0.25, 0.3) is 0 Å². The Bertz CT molecular complexity index is 764. The van der Waals surface area contributed by atoms with E-state index in [0.717, 1.165) is 11.1 Å². The number of hydrogen-bond acceptors (Lipinski definition) is 5. The molecule has 1 amide bonds. The van der Waals surface area contributed by atoms with Crippen LogP contribution in [0.3, 0.4) is 0 Å². The highest BCUT2D eigenvalue weighted by Gasteiger charge is 2.25. The van der Waals surface area contributed by atoms with Gasteiger partial charge in [-0.05, 0) is 51.3 Å². The molecule has 1 aromatic carbocycles. The van der Waals surface area contributed by atoms with Crippen molar-refractivity contribution in [1.82, 2.24) is 5.16 Å². The van der Waals surface area contributed by atoms with E-state index < -0.39 is 12.1 Å². The lowest BCUT2D eigenvalue weighted by Gasteiger charge is -2.15. The average Bonchev–Trinajstić information content (AvgIpc) is 2.91. The lowest BCUT2D eigenvalue weighted by Crippen LogP contribution is -2.30. The quantitative estimate of drug-likeness (QED) is 0.850. The molecule has 128 valence electrons. The summed E-state index contributed by atoms with van der Waals surface area (Å²) in [5, 5.41) is 6.61. The molecule has 2 aromatic rings. The highest BCUT2D eigenvalue weighted by atomic mass is 16.5. The highest BCUT2D eigenvalue weighted by Crippen LogP contribution is 2.18. The summed E-state index contributed by atoms with van der Waals surface area (Å²) in [6.07, 6.45) is -0.387. The predicted molar refractivity (Wildman–Crippen MR) is 90.0 cm³/mol. The number of carbonyl (C=O) groups is 2. The Morgan fingerprint density at radius 3 is 2.67 bits per heavy atom. The van der Waals surface area contributed by atoms with Gasteiger partial charge in [0.15, 0.2) is 6.10 Å². The summed E-state index contributed by atoms with van der Waals surface area (Å²) in [4.78, 5) is 24.6. The normalized spacial score (nSPS) is 11.9. The molecule has 0 fully saturated rings. The van der Waals surface area contributed by atoms with Gasteiger partial charge in [0.25, 0.3) is 5.91 Å². The Balaban J connectivity index is 2.07. The second kappa shape index (κ2) is 7.29. The maximum Gasteiger partial charge on any atom is 0.344 e. The third-order valence-corrected chi connectivity index (χ3v) is 3.78. The molecule has 1 atom stereocenters. The van der Waals surface area contributed by atoms with Crippen LogP contribution in [0.2, 0.25) is 0 Å². The van der Waals surface area contributed by atoms with Crippen molar-refractivity contribution >= 4 is 17.6 Å². The number of nitrogens with one attached hydrogen (secondary N) is 1. The Labute approximate surface area is 141 Å². The van der Waals surface area contributed by atoms with Crippen molar-refractivity contribution in [2.24, 2.45) is 0 Å². The molecule has 0 saturated carbocycles. The van der Waals surface area contributed by atoms with Gasteiger partial charge in [-0.2, -0.15) is 0 Å². The predicted octanol–water partition coefficient (Wildman–Crippen LogP) is 3.35. The Hall–Kier alpha value is -2.63. The third-order valence-electron chi connectivity index (χ3n) is 3.78. The summed E-state index contributed by atoms with van der Waals surface area (Å²) in [5.74, 6) is -0.600. The van der Waals surface area contributed by atoms with Crippen LogP contribution in [0.4, 0.5) is 5.69 Å². The minimum absolute atomic E-state index is 0.295. The number of hydrogen-bond donors (Lipinski definition) is 1. The second-order valence-electron chi connectivity index (χ2n) is 5.77. The first-order valence-electron chi connectivity index (χ1n) is 7.87. The Morgan fingerprint density at radius 2 is 2.00 bits per heavy atom. The number of esters is 1.